The first-order chi connectivity index (χ1) is 10.3. The summed E-state index contributed by atoms with van der Waals surface area (Å²) in [4.78, 5) is 11.8. The number of amides is 1. The van der Waals surface area contributed by atoms with Gasteiger partial charge < -0.3 is 0 Å². The third kappa shape index (κ3) is 4.51. The molecule has 1 N–H and O–H groups in total. The summed E-state index contributed by atoms with van der Waals surface area (Å²) in [7, 11) is -2.99. The highest BCUT2D eigenvalue weighted by Crippen LogP contribution is 2.21. The highest BCUT2D eigenvalue weighted by molar-refractivity contribution is 7.91. The number of carbonyl (C=O) groups is 1. The van der Waals surface area contributed by atoms with Gasteiger partial charge in [-0.2, -0.15) is 5.10 Å². The van der Waals surface area contributed by atoms with Gasteiger partial charge in [-0.3, -0.25) is 4.79 Å². The van der Waals surface area contributed by atoms with Crippen LogP contribution in [0, 0.1) is 11.7 Å². The van der Waals surface area contributed by atoms with Crippen LogP contribution in [0.3, 0.4) is 0 Å². The molecule has 1 atom stereocenters. The number of nitrogens with one attached hydrogen (secondary N) is 1. The molecule has 2 rings (SSSR count). The van der Waals surface area contributed by atoms with Crippen molar-refractivity contribution in [2.24, 2.45) is 11.0 Å². The van der Waals surface area contributed by atoms with Gasteiger partial charge in [0.2, 0.25) is 5.91 Å². The fourth-order valence-corrected chi connectivity index (χ4v) is 4.50. The number of benzene rings is 1. The standard InChI is InChI=1S/C14H16ClFN2O3S/c1-9(12-3-2-11(16)7-13(12)15)17-18-14(19)6-10-4-5-22(20,21)8-10/h2-3,7,10H,4-6,8H2,1H3,(H,18,19)/b17-9-/t10-/m0/s1. The molecule has 0 saturated carbocycles. The maximum atomic E-state index is 13.0. The Balaban J connectivity index is 1.94. The summed E-state index contributed by atoms with van der Waals surface area (Å²) in [6.45, 7) is 1.64. The van der Waals surface area contributed by atoms with E-state index >= 15 is 0 Å². The first kappa shape index (κ1) is 16.9. The lowest BCUT2D eigenvalue weighted by Crippen LogP contribution is -2.22. The van der Waals surface area contributed by atoms with Crippen LogP contribution in [-0.4, -0.2) is 31.5 Å². The van der Waals surface area contributed by atoms with Crippen LogP contribution in [0.15, 0.2) is 23.3 Å². The van der Waals surface area contributed by atoms with Crippen molar-refractivity contribution in [3.8, 4) is 0 Å². The van der Waals surface area contributed by atoms with E-state index in [1.54, 1.807) is 6.92 Å². The van der Waals surface area contributed by atoms with Gasteiger partial charge in [0.1, 0.15) is 5.82 Å². The second-order valence-corrected chi connectivity index (χ2v) is 7.97. The van der Waals surface area contributed by atoms with E-state index < -0.39 is 15.7 Å². The predicted octanol–water partition coefficient (Wildman–Crippen LogP) is 2.14. The van der Waals surface area contributed by atoms with Crippen molar-refractivity contribution < 1.29 is 17.6 Å². The summed E-state index contributed by atoms with van der Waals surface area (Å²) >= 11 is 5.91. The number of nitrogens with zero attached hydrogens (tertiary/aromatic N) is 1. The molecule has 1 amide bonds. The molecule has 0 aromatic heterocycles. The van der Waals surface area contributed by atoms with Crippen molar-refractivity contribution >= 4 is 33.1 Å². The Hall–Kier alpha value is -1.47. The number of hydrogen-bond acceptors (Lipinski definition) is 4. The number of hydrazone groups is 1. The van der Waals surface area contributed by atoms with E-state index in [2.05, 4.69) is 10.5 Å². The highest BCUT2D eigenvalue weighted by atomic mass is 35.5. The molecule has 120 valence electrons. The van der Waals surface area contributed by atoms with Gasteiger partial charge in [-0.25, -0.2) is 18.2 Å². The topological polar surface area (TPSA) is 75.6 Å². The molecule has 0 aliphatic carbocycles. The molecule has 1 fully saturated rings. The quantitative estimate of drug-likeness (QED) is 0.670. The Morgan fingerprint density at radius 2 is 2.23 bits per heavy atom. The average molecular weight is 347 g/mol. The summed E-state index contributed by atoms with van der Waals surface area (Å²) in [5.41, 5.74) is 3.34. The summed E-state index contributed by atoms with van der Waals surface area (Å²) in [5, 5.41) is 4.13. The first-order valence-electron chi connectivity index (χ1n) is 6.76. The summed E-state index contributed by atoms with van der Waals surface area (Å²) < 4.78 is 35.6. The van der Waals surface area contributed by atoms with Crippen molar-refractivity contribution in [3.63, 3.8) is 0 Å². The SMILES string of the molecule is C/C(=N/NC(=O)C[C@@H]1CCS(=O)(=O)C1)c1ccc(F)cc1Cl. The van der Waals surface area contributed by atoms with Crippen LogP contribution in [0.25, 0.3) is 0 Å². The minimum Gasteiger partial charge on any atom is -0.273 e. The molecule has 1 heterocycles. The van der Waals surface area contributed by atoms with Gasteiger partial charge in [0.25, 0.3) is 0 Å². The van der Waals surface area contributed by atoms with Gasteiger partial charge >= 0.3 is 0 Å². The molecule has 1 aromatic carbocycles. The Morgan fingerprint density at radius 3 is 2.82 bits per heavy atom. The Kier molecular flexibility index (Phi) is 5.18. The van der Waals surface area contributed by atoms with E-state index in [9.17, 15) is 17.6 Å². The first-order valence-corrected chi connectivity index (χ1v) is 8.96. The molecule has 1 saturated heterocycles. The molecular weight excluding hydrogens is 331 g/mol. The van der Waals surface area contributed by atoms with Crippen LogP contribution < -0.4 is 5.43 Å². The van der Waals surface area contributed by atoms with Gasteiger partial charge in [-0.05, 0) is 37.5 Å². The van der Waals surface area contributed by atoms with Crippen LogP contribution in [0.4, 0.5) is 4.39 Å². The molecule has 0 bridgehead atoms. The van der Waals surface area contributed by atoms with Gasteiger partial charge in [-0.15, -0.1) is 0 Å². The minimum absolute atomic E-state index is 0.0485. The van der Waals surface area contributed by atoms with Crippen LogP contribution >= 0.6 is 11.6 Å². The molecule has 0 unspecified atom stereocenters. The van der Waals surface area contributed by atoms with E-state index in [0.29, 0.717) is 17.7 Å². The average Bonchev–Trinajstić information content (AvgIpc) is 2.75. The lowest BCUT2D eigenvalue weighted by Gasteiger charge is -2.07. The Morgan fingerprint density at radius 1 is 1.50 bits per heavy atom. The van der Waals surface area contributed by atoms with Crippen molar-refractivity contribution in [1.29, 1.82) is 0 Å². The van der Waals surface area contributed by atoms with Crippen LogP contribution in [0.1, 0.15) is 25.3 Å². The molecule has 0 radical (unpaired) electrons. The highest BCUT2D eigenvalue weighted by Gasteiger charge is 2.29. The monoisotopic (exact) mass is 346 g/mol. The number of hydrogen-bond donors (Lipinski definition) is 1. The summed E-state index contributed by atoms with van der Waals surface area (Å²) in [6.07, 6.45) is 0.620. The van der Waals surface area contributed by atoms with Gasteiger partial charge in [0.15, 0.2) is 9.84 Å². The smallest absolute Gasteiger partial charge is 0.240 e. The zero-order valence-corrected chi connectivity index (χ0v) is 13.5. The van der Waals surface area contributed by atoms with Crippen molar-refractivity contribution in [3.05, 3.63) is 34.6 Å². The second-order valence-electron chi connectivity index (χ2n) is 5.33. The second kappa shape index (κ2) is 6.75. The zero-order valence-electron chi connectivity index (χ0n) is 12.0. The molecule has 1 aliphatic rings. The van der Waals surface area contributed by atoms with Crippen LogP contribution in [-0.2, 0) is 14.6 Å². The number of rotatable bonds is 4. The van der Waals surface area contributed by atoms with Gasteiger partial charge in [-0.1, -0.05) is 11.6 Å². The maximum absolute atomic E-state index is 13.0. The fraction of sp³-hybridized carbons (Fsp3) is 0.429. The van der Waals surface area contributed by atoms with E-state index in [4.69, 9.17) is 11.6 Å². The van der Waals surface area contributed by atoms with Crippen molar-refractivity contribution in [2.75, 3.05) is 11.5 Å². The molecule has 1 aromatic rings. The molecule has 0 spiro atoms. The zero-order chi connectivity index (χ0) is 16.3. The lowest BCUT2D eigenvalue weighted by molar-refractivity contribution is -0.121. The van der Waals surface area contributed by atoms with E-state index in [-0.39, 0.29) is 34.8 Å². The van der Waals surface area contributed by atoms with Crippen molar-refractivity contribution in [2.45, 2.75) is 19.8 Å². The van der Waals surface area contributed by atoms with Gasteiger partial charge in [0.05, 0.1) is 22.2 Å². The molecule has 8 heteroatoms. The lowest BCUT2D eigenvalue weighted by atomic mass is 10.1. The third-order valence-corrected chi connectivity index (χ3v) is 5.62. The maximum Gasteiger partial charge on any atom is 0.240 e. The fourth-order valence-electron chi connectivity index (χ4n) is 2.33. The van der Waals surface area contributed by atoms with Crippen molar-refractivity contribution in [1.82, 2.24) is 5.43 Å². The number of sulfone groups is 1. The third-order valence-electron chi connectivity index (χ3n) is 3.47. The minimum atomic E-state index is -2.99. The molecule has 5 nitrogen and oxygen atoms in total. The van der Waals surface area contributed by atoms with Crippen LogP contribution in [0.2, 0.25) is 5.02 Å². The summed E-state index contributed by atoms with van der Waals surface area (Å²) in [6, 6.07) is 3.90. The Labute approximate surface area is 133 Å². The predicted molar refractivity (Wildman–Crippen MR) is 83.1 cm³/mol. The molecular formula is C14H16ClFN2O3S. The van der Waals surface area contributed by atoms with Crippen LogP contribution in [0.5, 0.6) is 0 Å². The summed E-state index contributed by atoms with van der Waals surface area (Å²) in [5.74, 6) is -0.770. The molecule has 1 aliphatic heterocycles. The number of halogens is 2. The van der Waals surface area contributed by atoms with E-state index in [1.165, 1.54) is 18.2 Å². The molecule has 22 heavy (non-hydrogen) atoms. The largest absolute Gasteiger partial charge is 0.273 e. The Bertz CT molecular complexity index is 719. The van der Waals surface area contributed by atoms with E-state index in [0.717, 1.165) is 0 Å². The normalized spacial score (nSPS) is 20.9. The van der Waals surface area contributed by atoms with E-state index in [1.807, 2.05) is 0 Å². The van der Waals surface area contributed by atoms with Gasteiger partial charge in [0, 0.05) is 12.0 Å². The number of carbonyl (C=O) groups excluding carboxylic acids is 1.